The number of thioether (sulfide) groups is 1. The van der Waals surface area contributed by atoms with E-state index in [9.17, 15) is 9.59 Å². The Morgan fingerprint density at radius 1 is 1.38 bits per heavy atom. The van der Waals surface area contributed by atoms with Crippen LogP contribution in [0, 0.1) is 6.92 Å². The van der Waals surface area contributed by atoms with Crippen molar-refractivity contribution in [3.63, 3.8) is 0 Å². The SMILES string of the molecule is Cc1ccc(-n2cnnc2SCC(=O)Nc2sccc2C(N)=O)cc1Cl. The third-order valence-corrected chi connectivity index (χ3v) is 5.65. The molecule has 0 atom stereocenters. The van der Waals surface area contributed by atoms with Gasteiger partial charge in [0, 0.05) is 5.02 Å². The number of aryl methyl sites for hydroxylation is 1. The number of carbonyl (C=O) groups excluding carboxylic acids is 2. The molecule has 0 unspecified atom stereocenters. The molecule has 7 nitrogen and oxygen atoms in total. The number of carbonyl (C=O) groups is 2. The number of nitrogens with two attached hydrogens (primary N) is 1. The molecule has 0 aliphatic rings. The first-order valence-corrected chi connectivity index (χ1v) is 9.66. The number of primary amides is 1. The van der Waals surface area contributed by atoms with Crippen molar-refractivity contribution < 1.29 is 9.59 Å². The van der Waals surface area contributed by atoms with Gasteiger partial charge >= 0.3 is 0 Å². The lowest BCUT2D eigenvalue weighted by Gasteiger charge is -2.08. The second-order valence-corrected chi connectivity index (χ2v) is 7.55. The monoisotopic (exact) mass is 407 g/mol. The quantitative estimate of drug-likeness (QED) is 0.611. The van der Waals surface area contributed by atoms with E-state index in [1.54, 1.807) is 22.3 Å². The Hall–Kier alpha value is -2.36. The fourth-order valence-corrected chi connectivity index (χ4v) is 3.84. The summed E-state index contributed by atoms with van der Waals surface area (Å²) in [6, 6.07) is 7.20. The van der Waals surface area contributed by atoms with Crippen molar-refractivity contribution >= 4 is 51.5 Å². The fraction of sp³-hybridized carbons (Fsp3) is 0.125. The molecule has 10 heteroatoms. The van der Waals surface area contributed by atoms with Gasteiger partial charge in [-0.25, -0.2) is 0 Å². The highest BCUT2D eigenvalue weighted by Crippen LogP contribution is 2.25. The Labute approximate surface area is 162 Å². The van der Waals surface area contributed by atoms with Crippen LogP contribution in [-0.4, -0.2) is 32.3 Å². The number of hydrogen-bond donors (Lipinski definition) is 2. The minimum atomic E-state index is -0.579. The number of aromatic nitrogens is 3. The van der Waals surface area contributed by atoms with Crippen LogP contribution in [0.2, 0.25) is 5.02 Å². The van der Waals surface area contributed by atoms with Crippen molar-refractivity contribution in [1.82, 2.24) is 14.8 Å². The van der Waals surface area contributed by atoms with E-state index in [1.165, 1.54) is 23.1 Å². The zero-order chi connectivity index (χ0) is 18.7. The predicted molar refractivity (Wildman–Crippen MR) is 103 cm³/mol. The lowest BCUT2D eigenvalue weighted by molar-refractivity contribution is -0.113. The number of nitrogens with one attached hydrogen (secondary N) is 1. The lowest BCUT2D eigenvalue weighted by Crippen LogP contribution is -2.18. The van der Waals surface area contributed by atoms with Crippen LogP contribution >= 0.6 is 34.7 Å². The van der Waals surface area contributed by atoms with Crippen LogP contribution < -0.4 is 11.1 Å². The molecule has 3 aromatic rings. The normalized spacial score (nSPS) is 10.7. The summed E-state index contributed by atoms with van der Waals surface area (Å²) >= 11 is 8.64. The molecule has 0 aliphatic carbocycles. The summed E-state index contributed by atoms with van der Waals surface area (Å²) in [5, 5.41) is 14.0. The molecule has 2 aromatic heterocycles. The molecular formula is C16H14ClN5O2S2. The molecule has 0 radical (unpaired) electrons. The highest BCUT2D eigenvalue weighted by Gasteiger charge is 2.14. The lowest BCUT2D eigenvalue weighted by atomic mass is 10.2. The van der Waals surface area contributed by atoms with E-state index < -0.39 is 5.91 Å². The summed E-state index contributed by atoms with van der Waals surface area (Å²) < 4.78 is 1.75. The molecule has 0 saturated heterocycles. The largest absolute Gasteiger partial charge is 0.366 e. The van der Waals surface area contributed by atoms with E-state index in [1.807, 2.05) is 25.1 Å². The molecule has 2 heterocycles. The second-order valence-electron chi connectivity index (χ2n) is 5.28. The van der Waals surface area contributed by atoms with Gasteiger partial charge in [0.15, 0.2) is 5.16 Å². The minimum absolute atomic E-state index is 0.106. The molecule has 1 aromatic carbocycles. The Balaban J connectivity index is 1.68. The number of thiophene rings is 1. The van der Waals surface area contributed by atoms with Gasteiger partial charge in [-0.3, -0.25) is 14.2 Å². The van der Waals surface area contributed by atoms with Crippen LogP contribution in [0.25, 0.3) is 5.69 Å². The van der Waals surface area contributed by atoms with Gasteiger partial charge in [0.2, 0.25) is 5.91 Å². The van der Waals surface area contributed by atoms with Crippen LogP contribution in [0.1, 0.15) is 15.9 Å². The van der Waals surface area contributed by atoms with Gasteiger partial charge in [-0.1, -0.05) is 29.4 Å². The molecule has 0 aliphatic heterocycles. The van der Waals surface area contributed by atoms with Crippen LogP contribution in [0.5, 0.6) is 0 Å². The van der Waals surface area contributed by atoms with E-state index >= 15 is 0 Å². The number of nitrogens with zero attached hydrogens (tertiary/aromatic N) is 3. The van der Waals surface area contributed by atoms with Crippen LogP contribution in [-0.2, 0) is 4.79 Å². The van der Waals surface area contributed by atoms with E-state index in [2.05, 4.69) is 15.5 Å². The highest BCUT2D eigenvalue weighted by atomic mass is 35.5. The zero-order valence-electron chi connectivity index (χ0n) is 13.6. The van der Waals surface area contributed by atoms with Crippen LogP contribution in [0.15, 0.2) is 41.1 Å². The van der Waals surface area contributed by atoms with Crippen molar-refractivity contribution in [2.45, 2.75) is 12.1 Å². The smallest absolute Gasteiger partial charge is 0.251 e. The van der Waals surface area contributed by atoms with Gasteiger partial charge in [0.25, 0.3) is 5.91 Å². The first-order chi connectivity index (χ1) is 12.5. The number of benzene rings is 1. The minimum Gasteiger partial charge on any atom is -0.366 e. The summed E-state index contributed by atoms with van der Waals surface area (Å²) in [7, 11) is 0. The fourth-order valence-electron chi connectivity index (χ4n) is 2.12. The topological polar surface area (TPSA) is 103 Å². The summed E-state index contributed by atoms with van der Waals surface area (Å²) in [5.74, 6) is -0.740. The van der Waals surface area contributed by atoms with Gasteiger partial charge in [-0.15, -0.1) is 21.5 Å². The summed E-state index contributed by atoms with van der Waals surface area (Å²) in [4.78, 5) is 23.5. The number of amides is 2. The van der Waals surface area contributed by atoms with Crippen LogP contribution in [0.4, 0.5) is 5.00 Å². The molecule has 0 fully saturated rings. The maximum absolute atomic E-state index is 12.2. The van der Waals surface area contributed by atoms with E-state index in [0.717, 1.165) is 11.3 Å². The third kappa shape index (κ3) is 4.06. The highest BCUT2D eigenvalue weighted by molar-refractivity contribution is 7.99. The van der Waals surface area contributed by atoms with Crippen molar-refractivity contribution in [1.29, 1.82) is 0 Å². The molecule has 134 valence electrons. The Morgan fingerprint density at radius 2 is 2.19 bits per heavy atom. The number of halogens is 1. The molecular weight excluding hydrogens is 394 g/mol. The maximum atomic E-state index is 12.2. The summed E-state index contributed by atoms with van der Waals surface area (Å²) in [5.41, 5.74) is 7.35. The molecule has 0 spiro atoms. The Bertz CT molecular complexity index is 969. The standard InChI is InChI=1S/C16H14ClN5O2S2/c1-9-2-3-10(6-12(9)17)22-8-19-21-16(22)26-7-13(23)20-15-11(14(18)24)4-5-25-15/h2-6,8H,7H2,1H3,(H2,18,24)(H,20,23). The van der Waals surface area contributed by atoms with Crippen LogP contribution in [0.3, 0.4) is 0 Å². The number of hydrogen-bond acceptors (Lipinski definition) is 6. The van der Waals surface area contributed by atoms with Crippen molar-refractivity contribution in [3.05, 3.63) is 52.1 Å². The van der Waals surface area contributed by atoms with E-state index in [0.29, 0.717) is 20.7 Å². The Morgan fingerprint density at radius 3 is 2.92 bits per heavy atom. The van der Waals surface area contributed by atoms with Gasteiger partial charge in [-0.2, -0.15) is 0 Å². The average Bonchev–Trinajstić information content (AvgIpc) is 3.24. The van der Waals surface area contributed by atoms with Gasteiger partial charge in [-0.05, 0) is 36.1 Å². The summed E-state index contributed by atoms with van der Waals surface area (Å²) in [6.45, 7) is 1.92. The van der Waals surface area contributed by atoms with Crippen molar-refractivity contribution in [2.75, 3.05) is 11.1 Å². The van der Waals surface area contributed by atoms with Crippen molar-refractivity contribution in [3.8, 4) is 5.69 Å². The van der Waals surface area contributed by atoms with E-state index in [4.69, 9.17) is 17.3 Å². The van der Waals surface area contributed by atoms with Gasteiger partial charge in [0.1, 0.15) is 11.3 Å². The number of rotatable bonds is 6. The molecule has 3 N–H and O–H groups in total. The molecule has 26 heavy (non-hydrogen) atoms. The molecule has 3 rings (SSSR count). The molecule has 0 bridgehead atoms. The summed E-state index contributed by atoms with van der Waals surface area (Å²) in [6.07, 6.45) is 1.56. The molecule has 2 amide bonds. The average molecular weight is 408 g/mol. The maximum Gasteiger partial charge on any atom is 0.251 e. The van der Waals surface area contributed by atoms with Gasteiger partial charge in [0.05, 0.1) is 17.0 Å². The Kier molecular flexibility index (Phi) is 5.60. The van der Waals surface area contributed by atoms with E-state index in [-0.39, 0.29) is 11.7 Å². The van der Waals surface area contributed by atoms with Gasteiger partial charge < -0.3 is 11.1 Å². The first kappa shape index (κ1) is 18.4. The number of anilines is 1. The third-order valence-electron chi connectivity index (χ3n) is 3.47. The zero-order valence-corrected chi connectivity index (χ0v) is 16.0. The molecule has 0 saturated carbocycles. The van der Waals surface area contributed by atoms with Crippen molar-refractivity contribution in [2.24, 2.45) is 5.73 Å². The first-order valence-electron chi connectivity index (χ1n) is 7.42. The predicted octanol–water partition coefficient (Wildman–Crippen LogP) is 3.12. The second kappa shape index (κ2) is 7.90.